The van der Waals surface area contributed by atoms with Crippen LogP contribution in [0.4, 0.5) is 5.69 Å². The summed E-state index contributed by atoms with van der Waals surface area (Å²) in [7, 11) is 0. The highest BCUT2D eigenvalue weighted by molar-refractivity contribution is 6.31. The second kappa shape index (κ2) is 6.97. The molecule has 0 radical (unpaired) electrons. The summed E-state index contributed by atoms with van der Waals surface area (Å²) in [6.07, 6.45) is -0.702. The number of anilines is 1. The van der Waals surface area contributed by atoms with E-state index in [1.165, 1.54) is 0 Å². The molecule has 1 amide bonds. The number of nitriles is 1. The third-order valence-corrected chi connectivity index (χ3v) is 3.58. The lowest BCUT2D eigenvalue weighted by Crippen LogP contribution is -2.30. The molecule has 0 spiro atoms. The van der Waals surface area contributed by atoms with Crippen LogP contribution in [-0.2, 0) is 4.79 Å². The molecular weight excluding hydrogens is 300 g/mol. The van der Waals surface area contributed by atoms with Gasteiger partial charge in [0.15, 0.2) is 6.10 Å². The monoisotopic (exact) mass is 314 g/mol. The standard InChI is InChI=1S/C17H15ClN2O2/c1-11-15(18)7-4-8-16(11)20-17(21)12(2)22-14-6-3-5-13(9-14)10-19/h3-9,12H,1-2H3,(H,20,21). The maximum absolute atomic E-state index is 12.2. The van der Waals surface area contributed by atoms with Gasteiger partial charge in [-0.3, -0.25) is 4.79 Å². The molecule has 112 valence electrons. The molecule has 0 saturated carbocycles. The number of halogens is 1. The lowest BCUT2D eigenvalue weighted by Gasteiger charge is -2.16. The average molecular weight is 315 g/mol. The number of rotatable bonds is 4. The molecule has 2 rings (SSSR count). The smallest absolute Gasteiger partial charge is 0.265 e. The molecule has 5 heteroatoms. The first kappa shape index (κ1) is 15.9. The summed E-state index contributed by atoms with van der Waals surface area (Å²) in [5.41, 5.74) is 1.94. The number of carbonyl (C=O) groups excluding carboxylic acids is 1. The van der Waals surface area contributed by atoms with E-state index in [1.807, 2.05) is 13.0 Å². The van der Waals surface area contributed by atoms with E-state index in [9.17, 15) is 4.79 Å². The molecule has 0 bridgehead atoms. The number of carbonyl (C=O) groups is 1. The van der Waals surface area contributed by atoms with Gasteiger partial charge in [-0.1, -0.05) is 23.7 Å². The molecule has 0 aliphatic rings. The summed E-state index contributed by atoms with van der Waals surface area (Å²) in [5.74, 6) is 0.192. The summed E-state index contributed by atoms with van der Waals surface area (Å²) < 4.78 is 5.56. The Bertz CT molecular complexity index is 738. The summed E-state index contributed by atoms with van der Waals surface area (Å²) in [6.45, 7) is 3.48. The second-order valence-corrected chi connectivity index (χ2v) is 5.21. The van der Waals surface area contributed by atoms with Crippen LogP contribution in [0.5, 0.6) is 5.75 Å². The van der Waals surface area contributed by atoms with Crippen molar-refractivity contribution in [1.29, 1.82) is 5.26 Å². The van der Waals surface area contributed by atoms with E-state index in [0.717, 1.165) is 5.56 Å². The summed E-state index contributed by atoms with van der Waals surface area (Å²) >= 11 is 6.03. The minimum Gasteiger partial charge on any atom is -0.481 e. The summed E-state index contributed by atoms with van der Waals surface area (Å²) in [6, 6.07) is 14.0. The van der Waals surface area contributed by atoms with Gasteiger partial charge in [0.05, 0.1) is 11.6 Å². The van der Waals surface area contributed by atoms with Gasteiger partial charge in [0, 0.05) is 10.7 Å². The van der Waals surface area contributed by atoms with Crippen LogP contribution in [0.3, 0.4) is 0 Å². The van der Waals surface area contributed by atoms with Crippen molar-refractivity contribution in [3.8, 4) is 11.8 Å². The Labute approximate surface area is 134 Å². The fourth-order valence-corrected chi connectivity index (χ4v) is 2.05. The number of nitrogens with zero attached hydrogens (tertiary/aromatic N) is 1. The maximum atomic E-state index is 12.2. The Kier molecular flexibility index (Phi) is 5.03. The molecule has 0 saturated heterocycles. The minimum absolute atomic E-state index is 0.285. The maximum Gasteiger partial charge on any atom is 0.265 e. The largest absolute Gasteiger partial charge is 0.481 e. The van der Waals surface area contributed by atoms with Crippen LogP contribution in [0.1, 0.15) is 18.1 Å². The first-order valence-electron chi connectivity index (χ1n) is 6.74. The lowest BCUT2D eigenvalue weighted by atomic mass is 10.2. The number of hydrogen-bond donors (Lipinski definition) is 1. The molecule has 22 heavy (non-hydrogen) atoms. The summed E-state index contributed by atoms with van der Waals surface area (Å²) in [4.78, 5) is 12.2. The van der Waals surface area contributed by atoms with E-state index in [2.05, 4.69) is 5.32 Å². The van der Waals surface area contributed by atoms with Gasteiger partial charge in [-0.25, -0.2) is 0 Å². The Morgan fingerprint density at radius 2 is 2.05 bits per heavy atom. The molecule has 4 nitrogen and oxygen atoms in total. The zero-order valence-electron chi connectivity index (χ0n) is 12.3. The Morgan fingerprint density at radius 3 is 2.77 bits per heavy atom. The van der Waals surface area contributed by atoms with Crippen molar-refractivity contribution in [2.24, 2.45) is 0 Å². The molecule has 0 heterocycles. The van der Waals surface area contributed by atoms with Crippen molar-refractivity contribution in [1.82, 2.24) is 0 Å². The van der Waals surface area contributed by atoms with Crippen molar-refractivity contribution >= 4 is 23.2 Å². The van der Waals surface area contributed by atoms with Gasteiger partial charge < -0.3 is 10.1 Å². The zero-order chi connectivity index (χ0) is 16.1. The number of nitrogens with one attached hydrogen (secondary N) is 1. The van der Waals surface area contributed by atoms with Crippen LogP contribution in [-0.4, -0.2) is 12.0 Å². The molecular formula is C17H15ClN2O2. The van der Waals surface area contributed by atoms with Crippen LogP contribution in [0.15, 0.2) is 42.5 Å². The molecule has 2 aromatic rings. The SMILES string of the molecule is Cc1c(Cl)cccc1NC(=O)C(C)Oc1cccc(C#N)c1. The van der Waals surface area contributed by atoms with E-state index in [1.54, 1.807) is 49.4 Å². The minimum atomic E-state index is -0.702. The Morgan fingerprint density at radius 1 is 1.32 bits per heavy atom. The molecule has 0 aliphatic heterocycles. The zero-order valence-corrected chi connectivity index (χ0v) is 13.0. The van der Waals surface area contributed by atoms with Crippen molar-refractivity contribution in [3.63, 3.8) is 0 Å². The third-order valence-electron chi connectivity index (χ3n) is 3.17. The molecule has 0 fully saturated rings. The lowest BCUT2D eigenvalue weighted by molar-refractivity contribution is -0.122. The second-order valence-electron chi connectivity index (χ2n) is 4.80. The number of benzene rings is 2. The van der Waals surface area contributed by atoms with Crippen molar-refractivity contribution < 1.29 is 9.53 Å². The predicted molar refractivity (Wildman–Crippen MR) is 86.1 cm³/mol. The van der Waals surface area contributed by atoms with Gasteiger partial charge in [0.2, 0.25) is 0 Å². The van der Waals surface area contributed by atoms with Gasteiger partial charge in [-0.05, 0) is 49.7 Å². The van der Waals surface area contributed by atoms with Gasteiger partial charge in [0.1, 0.15) is 5.75 Å². The van der Waals surface area contributed by atoms with Crippen molar-refractivity contribution in [2.45, 2.75) is 20.0 Å². The van der Waals surface area contributed by atoms with Crippen LogP contribution < -0.4 is 10.1 Å². The van der Waals surface area contributed by atoms with E-state index in [4.69, 9.17) is 21.6 Å². The van der Waals surface area contributed by atoms with Gasteiger partial charge in [0.25, 0.3) is 5.91 Å². The van der Waals surface area contributed by atoms with E-state index < -0.39 is 6.10 Å². The normalized spacial score (nSPS) is 11.4. The van der Waals surface area contributed by atoms with Gasteiger partial charge in [-0.2, -0.15) is 5.26 Å². The number of ether oxygens (including phenoxy) is 1. The fraction of sp³-hybridized carbons (Fsp3) is 0.176. The molecule has 1 unspecified atom stereocenters. The molecule has 0 aliphatic carbocycles. The molecule has 1 N–H and O–H groups in total. The van der Waals surface area contributed by atoms with Crippen LogP contribution >= 0.6 is 11.6 Å². The quantitative estimate of drug-likeness (QED) is 0.930. The van der Waals surface area contributed by atoms with Gasteiger partial charge in [-0.15, -0.1) is 0 Å². The van der Waals surface area contributed by atoms with Crippen LogP contribution in [0.2, 0.25) is 5.02 Å². The average Bonchev–Trinajstić information content (AvgIpc) is 2.52. The van der Waals surface area contributed by atoms with Crippen molar-refractivity contribution in [3.05, 3.63) is 58.6 Å². The highest BCUT2D eigenvalue weighted by Gasteiger charge is 2.16. The van der Waals surface area contributed by atoms with E-state index in [0.29, 0.717) is 22.0 Å². The highest BCUT2D eigenvalue weighted by atomic mass is 35.5. The number of hydrogen-bond acceptors (Lipinski definition) is 3. The topological polar surface area (TPSA) is 62.1 Å². The Hall–Kier alpha value is -2.51. The highest BCUT2D eigenvalue weighted by Crippen LogP contribution is 2.23. The molecule has 2 aromatic carbocycles. The molecule has 1 atom stereocenters. The first-order valence-corrected chi connectivity index (χ1v) is 7.12. The fourth-order valence-electron chi connectivity index (χ4n) is 1.87. The van der Waals surface area contributed by atoms with Gasteiger partial charge >= 0.3 is 0 Å². The van der Waals surface area contributed by atoms with Crippen molar-refractivity contribution in [2.75, 3.05) is 5.32 Å². The van der Waals surface area contributed by atoms with Crippen LogP contribution in [0.25, 0.3) is 0 Å². The van der Waals surface area contributed by atoms with E-state index >= 15 is 0 Å². The first-order chi connectivity index (χ1) is 10.5. The Balaban J connectivity index is 2.06. The van der Waals surface area contributed by atoms with Crippen LogP contribution in [0, 0.1) is 18.3 Å². The number of amides is 1. The predicted octanol–water partition coefficient (Wildman–Crippen LogP) is 3.93. The third kappa shape index (κ3) is 3.78. The van der Waals surface area contributed by atoms with E-state index in [-0.39, 0.29) is 5.91 Å². The summed E-state index contributed by atoms with van der Waals surface area (Å²) in [5, 5.41) is 12.2. The molecule has 0 aromatic heterocycles.